The number of rotatable bonds is 7. The second-order valence-electron chi connectivity index (χ2n) is 5.62. The van der Waals surface area contributed by atoms with Crippen molar-refractivity contribution in [3.8, 4) is 0 Å². The van der Waals surface area contributed by atoms with Gasteiger partial charge < -0.3 is 16.0 Å². The fourth-order valence-corrected chi connectivity index (χ4v) is 2.25. The van der Waals surface area contributed by atoms with E-state index in [0.717, 1.165) is 30.0 Å². The van der Waals surface area contributed by atoms with Gasteiger partial charge in [0.2, 0.25) is 0 Å². The van der Waals surface area contributed by atoms with Crippen LogP contribution in [0.5, 0.6) is 0 Å². The molecule has 2 aromatic rings. The first-order valence-corrected chi connectivity index (χ1v) is 7.95. The van der Waals surface area contributed by atoms with Gasteiger partial charge in [0.25, 0.3) is 0 Å². The predicted octanol–water partition coefficient (Wildman–Crippen LogP) is 3.83. The van der Waals surface area contributed by atoms with Gasteiger partial charge >= 0.3 is 6.03 Å². The molecule has 1 heterocycles. The van der Waals surface area contributed by atoms with Crippen LogP contribution in [-0.2, 0) is 0 Å². The summed E-state index contributed by atoms with van der Waals surface area (Å²) in [6, 6.07) is 13.5. The molecule has 1 aromatic carbocycles. The third kappa shape index (κ3) is 5.62. The molecule has 0 aliphatic heterocycles. The molecule has 0 aliphatic carbocycles. The Hall–Kier alpha value is -2.56. The van der Waals surface area contributed by atoms with E-state index in [-0.39, 0.29) is 6.03 Å². The third-order valence-electron chi connectivity index (χ3n) is 3.44. The highest BCUT2D eigenvalue weighted by Gasteiger charge is 2.08. The highest BCUT2D eigenvalue weighted by molar-refractivity contribution is 5.90. The first-order chi connectivity index (χ1) is 11.2. The fraction of sp³-hybridized carbons (Fsp3) is 0.333. The molecule has 0 atom stereocenters. The maximum atomic E-state index is 12.0. The van der Waals surface area contributed by atoms with Crippen LogP contribution in [0.3, 0.4) is 0 Å². The summed E-state index contributed by atoms with van der Waals surface area (Å²) in [5.41, 5.74) is 2.01. The number of pyridine rings is 1. The maximum absolute atomic E-state index is 12.0. The summed E-state index contributed by atoms with van der Waals surface area (Å²) < 4.78 is 0. The van der Waals surface area contributed by atoms with Crippen LogP contribution in [0.25, 0.3) is 0 Å². The molecule has 1 aromatic heterocycles. The molecule has 5 nitrogen and oxygen atoms in total. The average Bonchev–Trinajstić information content (AvgIpc) is 2.56. The van der Waals surface area contributed by atoms with Crippen LogP contribution in [0.4, 0.5) is 16.3 Å². The number of amides is 2. The zero-order valence-corrected chi connectivity index (χ0v) is 13.7. The number of anilines is 2. The van der Waals surface area contributed by atoms with Crippen molar-refractivity contribution in [2.75, 3.05) is 23.7 Å². The van der Waals surface area contributed by atoms with Crippen molar-refractivity contribution in [2.24, 2.45) is 0 Å². The van der Waals surface area contributed by atoms with Crippen molar-refractivity contribution in [1.82, 2.24) is 10.3 Å². The molecular formula is C18H24N4O. The molecule has 0 spiro atoms. The quantitative estimate of drug-likeness (QED) is 0.681. The third-order valence-corrected chi connectivity index (χ3v) is 3.44. The minimum absolute atomic E-state index is 0.170. The van der Waals surface area contributed by atoms with Gasteiger partial charge in [0.05, 0.1) is 0 Å². The first kappa shape index (κ1) is 16.8. The van der Waals surface area contributed by atoms with Crippen molar-refractivity contribution in [3.05, 3.63) is 54.2 Å². The molecular weight excluding hydrogens is 288 g/mol. The van der Waals surface area contributed by atoms with E-state index in [0.29, 0.717) is 12.5 Å². The number of nitrogens with one attached hydrogen (secondary N) is 3. The number of urea groups is 1. The summed E-state index contributed by atoms with van der Waals surface area (Å²) in [7, 11) is 0. The van der Waals surface area contributed by atoms with Gasteiger partial charge in [-0.3, -0.25) is 0 Å². The second-order valence-corrected chi connectivity index (χ2v) is 5.62. The SMILES string of the molecule is CC(C)c1ccccc1NC(=O)NCCCNc1ccccn1. The Labute approximate surface area is 137 Å². The Morgan fingerprint density at radius 1 is 1.09 bits per heavy atom. The van der Waals surface area contributed by atoms with Crippen LogP contribution in [0.2, 0.25) is 0 Å². The van der Waals surface area contributed by atoms with Crippen molar-refractivity contribution in [3.63, 3.8) is 0 Å². The van der Waals surface area contributed by atoms with Gasteiger partial charge in [-0.25, -0.2) is 9.78 Å². The summed E-state index contributed by atoms with van der Waals surface area (Å²) in [6.45, 7) is 5.60. The van der Waals surface area contributed by atoms with Gasteiger partial charge in [-0.1, -0.05) is 38.1 Å². The Bertz CT molecular complexity index is 613. The molecule has 0 bridgehead atoms. The highest BCUT2D eigenvalue weighted by atomic mass is 16.2. The number of carbonyl (C=O) groups excluding carboxylic acids is 1. The number of nitrogens with zero attached hydrogens (tertiary/aromatic N) is 1. The monoisotopic (exact) mass is 312 g/mol. The number of hydrogen-bond acceptors (Lipinski definition) is 3. The lowest BCUT2D eigenvalue weighted by Gasteiger charge is -2.14. The number of aromatic nitrogens is 1. The molecule has 0 aliphatic rings. The molecule has 0 unspecified atom stereocenters. The normalized spacial score (nSPS) is 10.4. The van der Waals surface area contributed by atoms with Crippen LogP contribution >= 0.6 is 0 Å². The number of hydrogen-bond donors (Lipinski definition) is 3. The van der Waals surface area contributed by atoms with E-state index in [1.807, 2.05) is 42.5 Å². The van der Waals surface area contributed by atoms with E-state index in [1.165, 1.54) is 0 Å². The molecule has 23 heavy (non-hydrogen) atoms. The summed E-state index contributed by atoms with van der Waals surface area (Å²) in [6.07, 6.45) is 2.58. The smallest absolute Gasteiger partial charge is 0.319 e. The van der Waals surface area contributed by atoms with Gasteiger partial charge in [-0.15, -0.1) is 0 Å². The maximum Gasteiger partial charge on any atom is 0.319 e. The van der Waals surface area contributed by atoms with Crippen LogP contribution < -0.4 is 16.0 Å². The lowest BCUT2D eigenvalue weighted by Crippen LogP contribution is -2.30. The van der Waals surface area contributed by atoms with Crippen LogP contribution in [0.1, 0.15) is 31.7 Å². The van der Waals surface area contributed by atoms with Crippen LogP contribution in [-0.4, -0.2) is 24.1 Å². The standard InChI is InChI=1S/C18H24N4O/c1-14(2)15-8-3-4-9-16(15)22-18(23)21-13-7-12-20-17-10-5-6-11-19-17/h3-6,8-11,14H,7,12-13H2,1-2H3,(H,19,20)(H2,21,22,23). The molecule has 5 heteroatoms. The van der Waals surface area contributed by atoms with Crippen molar-refractivity contribution in [1.29, 1.82) is 0 Å². The van der Waals surface area contributed by atoms with E-state index in [4.69, 9.17) is 0 Å². The highest BCUT2D eigenvalue weighted by Crippen LogP contribution is 2.23. The Morgan fingerprint density at radius 2 is 1.87 bits per heavy atom. The van der Waals surface area contributed by atoms with Crippen LogP contribution in [0.15, 0.2) is 48.7 Å². The van der Waals surface area contributed by atoms with Crippen molar-refractivity contribution in [2.45, 2.75) is 26.2 Å². The molecule has 0 saturated heterocycles. The summed E-state index contributed by atoms with van der Waals surface area (Å²) in [4.78, 5) is 16.1. The molecule has 122 valence electrons. The Morgan fingerprint density at radius 3 is 2.61 bits per heavy atom. The van der Waals surface area contributed by atoms with E-state index >= 15 is 0 Å². The van der Waals surface area contributed by atoms with Gasteiger partial charge in [0.15, 0.2) is 0 Å². The largest absolute Gasteiger partial charge is 0.370 e. The van der Waals surface area contributed by atoms with E-state index in [9.17, 15) is 4.79 Å². The molecule has 2 amide bonds. The number of para-hydroxylation sites is 1. The van der Waals surface area contributed by atoms with E-state index < -0.39 is 0 Å². The zero-order chi connectivity index (χ0) is 16.5. The topological polar surface area (TPSA) is 66.1 Å². The number of carbonyl (C=O) groups is 1. The number of benzene rings is 1. The molecule has 0 radical (unpaired) electrons. The molecule has 0 fully saturated rings. The predicted molar refractivity (Wildman–Crippen MR) is 94.9 cm³/mol. The minimum atomic E-state index is -0.170. The average molecular weight is 312 g/mol. The van der Waals surface area contributed by atoms with E-state index in [2.05, 4.69) is 34.8 Å². The molecule has 0 saturated carbocycles. The van der Waals surface area contributed by atoms with Gasteiger partial charge in [-0.2, -0.15) is 0 Å². The lowest BCUT2D eigenvalue weighted by molar-refractivity contribution is 0.252. The van der Waals surface area contributed by atoms with Gasteiger partial charge in [-0.05, 0) is 36.1 Å². The minimum Gasteiger partial charge on any atom is -0.370 e. The summed E-state index contributed by atoms with van der Waals surface area (Å²) >= 11 is 0. The molecule has 3 N–H and O–H groups in total. The second kappa shape index (κ2) is 8.78. The van der Waals surface area contributed by atoms with Crippen molar-refractivity contribution >= 4 is 17.5 Å². The van der Waals surface area contributed by atoms with Gasteiger partial charge in [0.1, 0.15) is 5.82 Å². The zero-order valence-electron chi connectivity index (χ0n) is 13.7. The van der Waals surface area contributed by atoms with Crippen LogP contribution in [0, 0.1) is 0 Å². The summed E-state index contributed by atoms with van der Waals surface area (Å²) in [5.74, 6) is 1.22. The summed E-state index contributed by atoms with van der Waals surface area (Å²) in [5, 5.41) is 9.00. The Balaban J connectivity index is 1.69. The fourth-order valence-electron chi connectivity index (χ4n) is 2.25. The lowest BCUT2D eigenvalue weighted by atomic mass is 10.0. The van der Waals surface area contributed by atoms with Gasteiger partial charge in [0, 0.05) is 25.0 Å². The first-order valence-electron chi connectivity index (χ1n) is 7.95. The van der Waals surface area contributed by atoms with E-state index in [1.54, 1.807) is 6.20 Å². The van der Waals surface area contributed by atoms with Crippen molar-refractivity contribution < 1.29 is 4.79 Å². The Kier molecular flexibility index (Phi) is 6.41. The molecule has 2 rings (SSSR count).